The number of carbonyl (C=O) groups is 1. The van der Waals surface area contributed by atoms with Crippen molar-refractivity contribution in [2.45, 2.75) is 26.8 Å². The summed E-state index contributed by atoms with van der Waals surface area (Å²) in [5.41, 5.74) is 2.90. The number of nitrogens with zero attached hydrogens (tertiary/aromatic N) is 1. The first-order valence-corrected chi connectivity index (χ1v) is 9.63. The number of aliphatic imine (C=N–C) groups is 1. The number of nitrogens with one attached hydrogen (secondary N) is 3. The summed E-state index contributed by atoms with van der Waals surface area (Å²) in [5.74, 6) is 1.50. The smallest absolute Gasteiger partial charge is 0.251 e. The molecule has 1 amide bonds. The van der Waals surface area contributed by atoms with E-state index in [2.05, 4.69) is 20.9 Å². The first-order chi connectivity index (χ1) is 13.6. The number of amides is 1. The Hall–Kier alpha value is -2.29. The lowest BCUT2D eigenvalue weighted by Gasteiger charge is -2.13. The van der Waals surface area contributed by atoms with Crippen molar-refractivity contribution in [3.63, 3.8) is 0 Å². The molecule has 0 saturated carbocycles. The molecule has 0 heterocycles. The first-order valence-electron chi connectivity index (χ1n) is 9.63. The maximum atomic E-state index is 12.1. The largest absolute Gasteiger partial charge is 0.492 e. The number of carbonyl (C=O) groups excluding carboxylic acids is 1. The standard InChI is InChI=1S/C22H30N4O2.HI/c1-4-12-24-21(27)19-7-5-6-18(15-19)16-26-22(23-3)25-13-14-28-20-10-8-17(2)9-11-20;/h5-11,15H,4,12-14,16H2,1-3H3,(H,24,27)(H2,23,25,26);1H. The molecule has 0 unspecified atom stereocenters. The third kappa shape index (κ3) is 9.17. The van der Waals surface area contributed by atoms with Gasteiger partial charge in [-0.15, -0.1) is 24.0 Å². The van der Waals surface area contributed by atoms with E-state index < -0.39 is 0 Å². The van der Waals surface area contributed by atoms with Gasteiger partial charge < -0.3 is 20.7 Å². The van der Waals surface area contributed by atoms with Crippen LogP contribution in [0.1, 0.15) is 34.8 Å². The summed E-state index contributed by atoms with van der Waals surface area (Å²) in [4.78, 5) is 16.3. The van der Waals surface area contributed by atoms with Gasteiger partial charge in [-0.1, -0.05) is 36.8 Å². The summed E-state index contributed by atoms with van der Waals surface area (Å²) >= 11 is 0. The van der Waals surface area contributed by atoms with E-state index in [1.165, 1.54) is 5.56 Å². The van der Waals surface area contributed by atoms with E-state index in [1.54, 1.807) is 7.05 Å². The Kier molecular flexibility index (Phi) is 11.8. The molecule has 2 aromatic carbocycles. The summed E-state index contributed by atoms with van der Waals surface area (Å²) in [6.45, 7) is 6.51. The number of halogens is 1. The molecule has 0 saturated heterocycles. The second-order valence-corrected chi connectivity index (χ2v) is 6.47. The van der Waals surface area contributed by atoms with Gasteiger partial charge in [0.15, 0.2) is 5.96 Å². The number of hydrogen-bond donors (Lipinski definition) is 3. The van der Waals surface area contributed by atoms with Crippen molar-refractivity contribution in [2.75, 3.05) is 26.7 Å². The zero-order valence-electron chi connectivity index (χ0n) is 17.3. The van der Waals surface area contributed by atoms with Crippen LogP contribution in [0.2, 0.25) is 0 Å². The normalized spacial score (nSPS) is 10.7. The average molecular weight is 510 g/mol. The van der Waals surface area contributed by atoms with Crippen LogP contribution >= 0.6 is 24.0 Å². The maximum Gasteiger partial charge on any atom is 0.251 e. The van der Waals surface area contributed by atoms with E-state index >= 15 is 0 Å². The van der Waals surface area contributed by atoms with Crippen molar-refractivity contribution in [3.8, 4) is 5.75 Å². The Morgan fingerprint density at radius 1 is 1.03 bits per heavy atom. The number of hydrogen-bond acceptors (Lipinski definition) is 3. The number of guanidine groups is 1. The highest BCUT2D eigenvalue weighted by Crippen LogP contribution is 2.10. The lowest BCUT2D eigenvalue weighted by Crippen LogP contribution is -2.38. The highest BCUT2D eigenvalue weighted by atomic mass is 127. The molecule has 0 aromatic heterocycles. The molecule has 3 N–H and O–H groups in total. The van der Waals surface area contributed by atoms with Gasteiger partial charge in [0.2, 0.25) is 0 Å². The van der Waals surface area contributed by atoms with Gasteiger partial charge in [0.25, 0.3) is 5.91 Å². The zero-order valence-corrected chi connectivity index (χ0v) is 19.7. The minimum atomic E-state index is -0.0422. The van der Waals surface area contributed by atoms with Crippen molar-refractivity contribution < 1.29 is 9.53 Å². The predicted molar refractivity (Wildman–Crippen MR) is 129 cm³/mol. The van der Waals surface area contributed by atoms with E-state index in [0.29, 0.717) is 37.8 Å². The van der Waals surface area contributed by atoms with Crippen molar-refractivity contribution in [3.05, 3.63) is 65.2 Å². The van der Waals surface area contributed by atoms with E-state index in [0.717, 1.165) is 17.7 Å². The van der Waals surface area contributed by atoms with E-state index in [-0.39, 0.29) is 29.9 Å². The summed E-state index contributed by atoms with van der Waals surface area (Å²) < 4.78 is 5.70. The molecule has 0 aliphatic heterocycles. The van der Waals surface area contributed by atoms with Crippen LogP contribution in [-0.4, -0.2) is 38.6 Å². The minimum Gasteiger partial charge on any atom is -0.492 e. The molecule has 0 aliphatic carbocycles. The van der Waals surface area contributed by atoms with Crippen LogP contribution in [0.3, 0.4) is 0 Å². The van der Waals surface area contributed by atoms with Gasteiger partial charge in [-0.05, 0) is 43.2 Å². The molecule has 7 heteroatoms. The molecule has 0 spiro atoms. The van der Waals surface area contributed by atoms with Gasteiger partial charge in [0.05, 0.1) is 6.54 Å². The molecule has 0 atom stereocenters. The molecule has 0 fully saturated rings. The summed E-state index contributed by atoms with van der Waals surface area (Å²) in [6.07, 6.45) is 0.919. The predicted octanol–water partition coefficient (Wildman–Crippen LogP) is 3.50. The third-order valence-electron chi connectivity index (χ3n) is 4.09. The number of ether oxygens (including phenoxy) is 1. The second kappa shape index (κ2) is 13.8. The Balaban J connectivity index is 0.00000420. The number of benzene rings is 2. The molecule has 158 valence electrons. The van der Waals surface area contributed by atoms with Crippen molar-refractivity contribution >= 4 is 35.8 Å². The fourth-order valence-corrected chi connectivity index (χ4v) is 2.54. The van der Waals surface area contributed by atoms with Gasteiger partial charge in [-0.2, -0.15) is 0 Å². The van der Waals surface area contributed by atoms with Crippen LogP contribution in [0, 0.1) is 6.92 Å². The number of aryl methyl sites for hydroxylation is 1. The Morgan fingerprint density at radius 2 is 1.79 bits per heavy atom. The quantitative estimate of drug-likeness (QED) is 0.209. The highest BCUT2D eigenvalue weighted by Gasteiger charge is 2.06. The molecule has 0 aliphatic rings. The lowest BCUT2D eigenvalue weighted by atomic mass is 10.1. The minimum absolute atomic E-state index is 0. The van der Waals surface area contributed by atoms with Crippen LogP contribution in [-0.2, 0) is 6.54 Å². The van der Waals surface area contributed by atoms with Crippen LogP contribution in [0.4, 0.5) is 0 Å². The fourth-order valence-electron chi connectivity index (χ4n) is 2.54. The molecule has 2 rings (SSSR count). The van der Waals surface area contributed by atoms with Gasteiger partial charge in [-0.3, -0.25) is 9.79 Å². The Bertz CT molecular complexity index is 779. The Morgan fingerprint density at radius 3 is 2.48 bits per heavy atom. The first kappa shape index (κ1) is 24.7. The fraction of sp³-hybridized carbons (Fsp3) is 0.364. The van der Waals surface area contributed by atoms with Crippen molar-refractivity contribution in [2.24, 2.45) is 4.99 Å². The molecule has 29 heavy (non-hydrogen) atoms. The lowest BCUT2D eigenvalue weighted by molar-refractivity contribution is 0.0953. The molecular formula is C22H31IN4O2. The van der Waals surface area contributed by atoms with Crippen LogP contribution in [0.25, 0.3) is 0 Å². The molecule has 0 radical (unpaired) electrons. The molecule has 0 bridgehead atoms. The highest BCUT2D eigenvalue weighted by molar-refractivity contribution is 14.0. The van der Waals surface area contributed by atoms with Crippen molar-refractivity contribution in [1.29, 1.82) is 0 Å². The van der Waals surface area contributed by atoms with Gasteiger partial charge >= 0.3 is 0 Å². The van der Waals surface area contributed by atoms with E-state index in [1.807, 2.05) is 62.4 Å². The SMILES string of the molecule is CCCNC(=O)c1cccc(CNC(=NC)NCCOc2ccc(C)cc2)c1.I. The van der Waals surface area contributed by atoms with Gasteiger partial charge in [0, 0.05) is 25.7 Å². The van der Waals surface area contributed by atoms with Gasteiger partial charge in [0.1, 0.15) is 12.4 Å². The number of rotatable bonds is 9. The van der Waals surface area contributed by atoms with Crippen LogP contribution in [0.15, 0.2) is 53.5 Å². The Labute approximate surface area is 190 Å². The zero-order chi connectivity index (χ0) is 20.2. The summed E-state index contributed by atoms with van der Waals surface area (Å²) in [7, 11) is 1.73. The molecule has 2 aromatic rings. The third-order valence-corrected chi connectivity index (χ3v) is 4.09. The summed E-state index contributed by atoms with van der Waals surface area (Å²) in [5, 5.41) is 9.37. The molecular weight excluding hydrogens is 479 g/mol. The van der Waals surface area contributed by atoms with Crippen LogP contribution < -0.4 is 20.7 Å². The average Bonchev–Trinajstić information content (AvgIpc) is 2.73. The molecule has 6 nitrogen and oxygen atoms in total. The van der Waals surface area contributed by atoms with Crippen LogP contribution in [0.5, 0.6) is 5.75 Å². The van der Waals surface area contributed by atoms with Crippen molar-refractivity contribution in [1.82, 2.24) is 16.0 Å². The van der Waals surface area contributed by atoms with Gasteiger partial charge in [-0.25, -0.2) is 0 Å². The van der Waals surface area contributed by atoms with E-state index in [9.17, 15) is 4.79 Å². The summed E-state index contributed by atoms with van der Waals surface area (Å²) in [6, 6.07) is 15.6. The second-order valence-electron chi connectivity index (χ2n) is 6.47. The van der Waals surface area contributed by atoms with E-state index in [4.69, 9.17) is 4.74 Å². The monoisotopic (exact) mass is 510 g/mol. The topological polar surface area (TPSA) is 74.8 Å². The maximum absolute atomic E-state index is 12.1.